The lowest BCUT2D eigenvalue weighted by molar-refractivity contribution is -0.147. The number of hydrogen-bond acceptors (Lipinski definition) is 3. The monoisotopic (exact) mass is 269 g/mol. The predicted octanol–water partition coefficient (Wildman–Crippen LogP) is 1.25. The lowest BCUT2D eigenvalue weighted by Crippen LogP contribution is -2.49. The van der Waals surface area contributed by atoms with Crippen LogP contribution in [-0.2, 0) is 9.59 Å². The second-order valence-corrected chi connectivity index (χ2v) is 5.74. The summed E-state index contributed by atoms with van der Waals surface area (Å²) < 4.78 is 0. The first-order chi connectivity index (χ1) is 9.13. The standard InChI is InChI=1S/C14H23NO4/c16-8-7-15(12-5-2-6-12)13(17)10-3-1-4-11(9-10)14(18)19/h10-12,16H,1-9H2,(H,18,19). The Morgan fingerprint density at radius 1 is 1.05 bits per heavy atom. The van der Waals surface area contributed by atoms with Crippen LogP contribution in [0.25, 0.3) is 0 Å². The van der Waals surface area contributed by atoms with E-state index in [0.29, 0.717) is 19.4 Å². The molecule has 0 heterocycles. The maximum atomic E-state index is 12.5. The minimum atomic E-state index is -0.783. The van der Waals surface area contributed by atoms with Gasteiger partial charge in [-0.3, -0.25) is 9.59 Å². The summed E-state index contributed by atoms with van der Waals surface area (Å²) in [6.45, 7) is 0.370. The van der Waals surface area contributed by atoms with Crippen molar-refractivity contribution in [3.05, 3.63) is 0 Å². The average molecular weight is 269 g/mol. The van der Waals surface area contributed by atoms with Crippen LogP contribution in [0.1, 0.15) is 44.9 Å². The minimum absolute atomic E-state index is 0.0165. The van der Waals surface area contributed by atoms with Crippen molar-refractivity contribution >= 4 is 11.9 Å². The average Bonchev–Trinajstić information content (AvgIpc) is 2.35. The fourth-order valence-corrected chi connectivity index (χ4v) is 3.15. The van der Waals surface area contributed by atoms with Crippen molar-refractivity contribution in [1.29, 1.82) is 0 Å². The van der Waals surface area contributed by atoms with Gasteiger partial charge in [0.25, 0.3) is 0 Å². The number of nitrogens with zero attached hydrogens (tertiary/aromatic N) is 1. The van der Waals surface area contributed by atoms with Gasteiger partial charge in [-0.15, -0.1) is 0 Å². The molecule has 2 fully saturated rings. The van der Waals surface area contributed by atoms with E-state index in [2.05, 4.69) is 0 Å². The summed E-state index contributed by atoms with van der Waals surface area (Å²) in [4.78, 5) is 25.4. The van der Waals surface area contributed by atoms with Crippen LogP contribution in [0.3, 0.4) is 0 Å². The summed E-state index contributed by atoms with van der Waals surface area (Å²) in [6, 6.07) is 0.268. The summed E-state index contributed by atoms with van der Waals surface area (Å²) in [6.07, 6.45) is 5.91. The minimum Gasteiger partial charge on any atom is -0.481 e. The van der Waals surface area contributed by atoms with Gasteiger partial charge in [0.05, 0.1) is 12.5 Å². The second-order valence-electron chi connectivity index (χ2n) is 5.74. The van der Waals surface area contributed by atoms with Crippen LogP contribution in [0.15, 0.2) is 0 Å². The number of carboxylic acid groups (broad SMARTS) is 1. The van der Waals surface area contributed by atoms with Gasteiger partial charge in [0.1, 0.15) is 0 Å². The van der Waals surface area contributed by atoms with E-state index in [4.69, 9.17) is 10.2 Å². The Morgan fingerprint density at radius 3 is 2.21 bits per heavy atom. The van der Waals surface area contributed by atoms with Crippen molar-refractivity contribution in [2.45, 2.75) is 51.0 Å². The number of carbonyl (C=O) groups is 2. The van der Waals surface area contributed by atoms with Crippen molar-refractivity contribution in [3.63, 3.8) is 0 Å². The Hall–Kier alpha value is -1.10. The Labute approximate surface area is 113 Å². The van der Waals surface area contributed by atoms with Crippen molar-refractivity contribution in [1.82, 2.24) is 4.90 Å². The van der Waals surface area contributed by atoms with E-state index in [9.17, 15) is 9.59 Å². The first-order valence-corrected chi connectivity index (χ1v) is 7.27. The van der Waals surface area contributed by atoms with Crippen LogP contribution in [-0.4, -0.2) is 46.2 Å². The normalized spacial score (nSPS) is 27.6. The zero-order valence-electron chi connectivity index (χ0n) is 11.3. The first-order valence-electron chi connectivity index (χ1n) is 7.27. The van der Waals surface area contributed by atoms with Crippen LogP contribution in [0.2, 0.25) is 0 Å². The molecular formula is C14H23NO4. The predicted molar refractivity (Wildman–Crippen MR) is 69.5 cm³/mol. The third kappa shape index (κ3) is 3.26. The van der Waals surface area contributed by atoms with Crippen LogP contribution < -0.4 is 0 Å². The highest BCUT2D eigenvalue weighted by molar-refractivity contribution is 5.80. The van der Waals surface area contributed by atoms with Crippen LogP contribution in [0.4, 0.5) is 0 Å². The number of carbonyl (C=O) groups excluding carboxylic acids is 1. The van der Waals surface area contributed by atoms with Gasteiger partial charge < -0.3 is 15.1 Å². The Balaban J connectivity index is 1.97. The number of amides is 1. The van der Waals surface area contributed by atoms with Crippen molar-refractivity contribution in [2.24, 2.45) is 11.8 Å². The molecule has 2 aliphatic rings. The second kappa shape index (κ2) is 6.37. The lowest BCUT2D eigenvalue weighted by atomic mass is 9.80. The summed E-state index contributed by atoms with van der Waals surface area (Å²) in [5.74, 6) is -1.26. The molecule has 0 aromatic heterocycles. The van der Waals surface area contributed by atoms with E-state index in [1.165, 1.54) is 0 Å². The summed E-state index contributed by atoms with van der Waals surface area (Å²) in [5, 5.41) is 18.2. The third-order valence-corrected chi connectivity index (χ3v) is 4.51. The van der Waals surface area contributed by atoms with Gasteiger partial charge in [0.15, 0.2) is 0 Å². The van der Waals surface area contributed by atoms with Gasteiger partial charge in [-0.05, 0) is 38.5 Å². The zero-order chi connectivity index (χ0) is 13.8. The maximum Gasteiger partial charge on any atom is 0.306 e. The largest absolute Gasteiger partial charge is 0.481 e. The summed E-state index contributed by atoms with van der Waals surface area (Å²) in [7, 11) is 0. The highest BCUT2D eigenvalue weighted by Crippen LogP contribution is 2.33. The van der Waals surface area contributed by atoms with E-state index >= 15 is 0 Å². The van der Waals surface area contributed by atoms with E-state index in [1.54, 1.807) is 4.90 Å². The maximum absolute atomic E-state index is 12.5. The molecule has 2 rings (SSSR count). The lowest BCUT2D eigenvalue weighted by Gasteiger charge is -2.40. The molecule has 2 saturated carbocycles. The summed E-state index contributed by atoms with van der Waals surface area (Å²) >= 11 is 0. The molecule has 0 spiro atoms. The van der Waals surface area contributed by atoms with E-state index in [1.807, 2.05) is 0 Å². The number of aliphatic carboxylic acids is 1. The smallest absolute Gasteiger partial charge is 0.306 e. The van der Waals surface area contributed by atoms with Crippen molar-refractivity contribution in [3.8, 4) is 0 Å². The van der Waals surface area contributed by atoms with E-state index < -0.39 is 5.97 Å². The fraction of sp³-hybridized carbons (Fsp3) is 0.857. The number of aliphatic hydroxyl groups excluding tert-OH is 1. The van der Waals surface area contributed by atoms with Gasteiger partial charge in [-0.1, -0.05) is 6.42 Å². The van der Waals surface area contributed by atoms with Crippen molar-refractivity contribution < 1.29 is 19.8 Å². The zero-order valence-corrected chi connectivity index (χ0v) is 11.3. The van der Waals surface area contributed by atoms with Gasteiger partial charge in [-0.25, -0.2) is 0 Å². The Bertz CT molecular complexity index is 340. The first kappa shape index (κ1) is 14.3. The van der Waals surface area contributed by atoms with E-state index in [-0.39, 0.29) is 30.4 Å². The quantitative estimate of drug-likeness (QED) is 0.787. The van der Waals surface area contributed by atoms with Gasteiger partial charge in [0, 0.05) is 18.5 Å². The Kier molecular flexibility index (Phi) is 4.80. The van der Waals surface area contributed by atoms with Gasteiger partial charge in [0.2, 0.25) is 5.91 Å². The SMILES string of the molecule is O=C(O)C1CCCC(C(=O)N(CCO)C2CCC2)C1. The molecule has 108 valence electrons. The molecule has 5 nitrogen and oxygen atoms in total. The molecule has 0 saturated heterocycles. The van der Waals surface area contributed by atoms with Crippen LogP contribution in [0.5, 0.6) is 0 Å². The molecule has 0 radical (unpaired) electrons. The van der Waals surface area contributed by atoms with E-state index in [0.717, 1.165) is 32.1 Å². The molecule has 19 heavy (non-hydrogen) atoms. The molecule has 0 aromatic rings. The van der Waals surface area contributed by atoms with Gasteiger partial charge in [-0.2, -0.15) is 0 Å². The number of aliphatic hydroxyl groups is 1. The molecule has 2 N–H and O–H groups in total. The topological polar surface area (TPSA) is 77.8 Å². The molecule has 2 atom stereocenters. The molecule has 0 aromatic carbocycles. The van der Waals surface area contributed by atoms with Gasteiger partial charge >= 0.3 is 5.97 Å². The molecule has 2 aliphatic carbocycles. The van der Waals surface area contributed by atoms with Crippen LogP contribution >= 0.6 is 0 Å². The van der Waals surface area contributed by atoms with Crippen LogP contribution in [0, 0.1) is 11.8 Å². The highest BCUT2D eigenvalue weighted by Gasteiger charge is 2.36. The molecule has 1 amide bonds. The number of carboxylic acids is 1. The molecule has 2 unspecified atom stereocenters. The van der Waals surface area contributed by atoms with Crippen molar-refractivity contribution in [2.75, 3.05) is 13.2 Å². The third-order valence-electron chi connectivity index (χ3n) is 4.51. The highest BCUT2D eigenvalue weighted by atomic mass is 16.4. The molecule has 5 heteroatoms. The summed E-state index contributed by atoms with van der Waals surface area (Å²) in [5.41, 5.74) is 0. The Morgan fingerprint density at radius 2 is 1.68 bits per heavy atom. The number of rotatable bonds is 5. The molecular weight excluding hydrogens is 246 g/mol. The number of hydrogen-bond donors (Lipinski definition) is 2. The molecule has 0 bridgehead atoms. The fourth-order valence-electron chi connectivity index (χ4n) is 3.15. The molecule has 0 aliphatic heterocycles.